The number of rotatable bonds is 2. The summed E-state index contributed by atoms with van der Waals surface area (Å²) < 4.78 is 28.4. The summed E-state index contributed by atoms with van der Waals surface area (Å²) in [4.78, 5) is 0. The molecule has 0 bridgehead atoms. The van der Waals surface area contributed by atoms with Gasteiger partial charge in [0.25, 0.3) is 0 Å². The van der Waals surface area contributed by atoms with Crippen molar-refractivity contribution in [1.82, 2.24) is 0 Å². The molecule has 1 nitrogen and oxygen atoms in total. The van der Waals surface area contributed by atoms with Crippen molar-refractivity contribution in [3.05, 3.63) is 26.8 Å². The van der Waals surface area contributed by atoms with Crippen molar-refractivity contribution in [2.45, 2.75) is 6.61 Å². The topological polar surface area (TPSA) is 9.23 Å². The zero-order chi connectivity index (χ0) is 9.14. The minimum Gasteiger partial charge on any atom is -0.432 e. The third-order valence-electron chi connectivity index (χ3n) is 1.13. The van der Waals surface area contributed by atoms with E-state index >= 15 is 0 Å². The van der Waals surface area contributed by atoms with Gasteiger partial charge < -0.3 is 4.74 Å². The first-order chi connectivity index (χ1) is 5.61. The first-order valence-corrected chi connectivity index (χ1v) is 4.45. The highest BCUT2D eigenvalue weighted by Crippen LogP contribution is 2.30. The van der Waals surface area contributed by atoms with E-state index in [1.807, 2.05) is 22.6 Å². The normalized spacial score (nSPS) is 10.4. The molecule has 0 heterocycles. The van der Waals surface area contributed by atoms with Gasteiger partial charge in [-0.3, -0.25) is 0 Å². The van der Waals surface area contributed by atoms with Gasteiger partial charge in [0.05, 0.1) is 8.59 Å². The maximum absolute atomic E-state index is 11.8. The maximum Gasteiger partial charge on any atom is 0.387 e. The summed E-state index contributed by atoms with van der Waals surface area (Å²) in [5, 5.41) is 0.196. The molecule has 0 radical (unpaired) electrons. The minimum absolute atomic E-state index is 0.0368. The Morgan fingerprint density at radius 3 is 2.58 bits per heavy atom. The van der Waals surface area contributed by atoms with Gasteiger partial charge in [0.1, 0.15) is 0 Å². The Bertz CT molecular complexity index is 260. The van der Waals surface area contributed by atoms with E-state index in [-0.39, 0.29) is 10.8 Å². The lowest BCUT2D eigenvalue weighted by atomic mass is 10.3. The fourth-order valence-electron chi connectivity index (χ4n) is 0.684. The van der Waals surface area contributed by atoms with Crippen LogP contribution in [0.4, 0.5) is 8.78 Å². The van der Waals surface area contributed by atoms with Crippen LogP contribution in [-0.2, 0) is 0 Å². The molecule has 0 saturated carbocycles. The second-order valence-electron chi connectivity index (χ2n) is 1.93. The molecule has 0 atom stereocenters. The molecule has 0 aliphatic rings. The Kier molecular flexibility index (Phi) is 3.52. The molecule has 5 heteroatoms. The Balaban J connectivity index is 2.96. The van der Waals surface area contributed by atoms with Gasteiger partial charge in [-0.1, -0.05) is 17.7 Å². The van der Waals surface area contributed by atoms with E-state index in [0.29, 0.717) is 3.57 Å². The van der Waals surface area contributed by atoms with Crippen LogP contribution in [0.5, 0.6) is 5.75 Å². The van der Waals surface area contributed by atoms with Crippen molar-refractivity contribution < 1.29 is 13.5 Å². The highest BCUT2D eigenvalue weighted by molar-refractivity contribution is 14.1. The summed E-state index contributed by atoms with van der Waals surface area (Å²) in [5.41, 5.74) is 0. The Morgan fingerprint density at radius 1 is 1.42 bits per heavy atom. The lowest BCUT2D eigenvalue weighted by Gasteiger charge is -2.07. The largest absolute Gasteiger partial charge is 0.432 e. The predicted octanol–water partition coefficient (Wildman–Crippen LogP) is 3.55. The third kappa shape index (κ3) is 2.45. The van der Waals surface area contributed by atoms with Gasteiger partial charge in [0.2, 0.25) is 0 Å². The molecule has 12 heavy (non-hydrogen) atoms. The molecular weight excluding hydrogens is 300 g/mol. The Labute approximate surface area is 86.8 Å². The minimum atomic E-state index is -2.83. The molecule has 1 rings (SSSR count). The van der Waals surface area contributed by atoms with Crippen molar-refractivity contribution >= 4 is 34.2 Å². The SMILES string of the molecule is FC(F)Oc1c(Cl)cccc1I. The Morgan fingerprint density at radius 2 is 2.08 bits per heavy atom. The first kappa shape index (κ1) is 9.98. The summed E-state index contributed by atoms with van der Waals surface area (Å²) in [6.45, 7) is -2.83. The van der Waals surface area contributed by atoms with Crippen molar-refractivity contribution in [3.63, 3.8) is 0 Å². The second kappa shape index (κ2) is 4.23. The number of hydrogen-bond acceptors (Lipinski definition) is 1. The number of halogens is 4. The van der Waals surface area contributed by atoms with Gasteiger partial charge in [0, 0.05) is 0 Å². The van der Waals surface area contributed by atoms with Gasteiger partial charge >= 0.3 is 6.61 Å². The Hall–Kier alpha value is -0.100. The predicted molar refractivity (Wildman–Crippen MR) is 50.8 cm³/mol. The molecule has 0 unspecified atom stereocenters. The number of ether oxygens (including phenoxy) is 1. The summed E-state index contributed by atoms with van der Waals surface area (Å²) in [6.07, 6.45) is 0. The number of benzene rings is 1. The standard InChI is InChI=1S/C7H4ClF2IO/c8-4-2-1-3-5(11)6(4)12-7(9)10/h1-3,7H. The zero-order valence-corrected chi connectivity index (χ0v) is 8.64. The lowest BCUT2D eigenvalue weighted by molar-refractivity contribution is -0.0503. The number of hydrogen-bond donors (Lipinski definition) is 0. The van der Waals surface area contributed by atoms with Crippen LogP contribution in [0.25, 0.3) is 0 Å². The van der Waals surface area contributed by atoms with Crippen LogP contribution in [0.2, 0.25) is 5.02 Å². The molecule has 0 saturated heterocycles. The molecule has 0 aliphatic heterocycles. The average molecular weight is 304 g/mol. The molecular formula is C7H4ClF2IO. The van der Waals surface area contributed by atoms with Crippen LogP contribution < -0.4 is 4.74 Å². The van der Waals surface area contributed by atoms with Gasteiger partial charge in [-0.2, -0.15) is 8.78 Å². The van der Waals surface area contributed by atoms with E-state index in [0.717, 1.165) is 0 Å². The van der Waals surface area contributed by atoms with Crippen molar-refractivity contribution in [2.75, 3.05) is 0 Å². The van der Waals surface area contributed by atoms with Gasteiger partial charge in [0.15, 0.2) is 5.75 Å². The second-order valence-corrected chi connectivity index (χ2v) is 3.50. The molecule has 0 amide bonds. The van der Waals surface area contributed by atoms with E-state index in [2.05, 4.69) is 4.74 Å². The zero-order valence-electron chi connectivity index (χ0n) is 5.73. The number of alkyl halides is 2. The van der Waals surface area contributed by atoms with E-state index < -0.39 is 6.61 Å². The van der Waals surface area contributed by atoms with Crippen molar-refractivity contribution in [1.29, 1.82) is 0 Å². The summed E-state index contributed by atoms with van der Waals surface area (Å²) in [6, 6.07) is 4.81. The fraction of sp³-hybridized carbons (Fsp3) is 0.143. The summed E-state index contributed by atoms with van der Waals surface area (Å²) in [5.74, 6) is 0.0368. The summed E-state index contributed by atoms with van der Waals surface area (Å²) in [7, 11) is 0. The molecule has 0 fully saturated rings. The van der Waals surface area contributed by atoms with Crippen LogP contribution in [0, 0.1) is 3.57 Å². The van der Waals surface area contributed by atoms with E-state index in [1.165, 1.54) is 6.07 Å². The van der Waals surface area contributed by atoms with E-state index in [9.17, 15) is 8.78 Å². The van der Waals surface area contributed by atoms with Crippen LogP contribution in [0.15, 0.2) is 18.2 Å². The average Bonchev–Trinajstić information content (AvgIpc) is 1.97. The van der Waals surface area contributed by atoms with Crippen LogP contribution in [0.1, 0.15) is 0 Å². The van der Waals surface area contributed by atoms with E-state index in [4.69, 9.17) is 11.6 Å². The highest BCUT2D eigenvalue weighted by atomic mass is 127. The molecule has 0 N–H and O–H groups in total. The molecule has 66 valence electrons. The molecule has 0 spiro atoms. The van der Waals surface area contributed by atoms with Gasteiger partial charge in [-0.05, 0) is 34.7 Å². The molecule has 0 aliphatic carbocycles. The molecule has 1 aromatic rings. The number of para-hydroxylation sites is 1. The van der Waals surface area contributed by atoms with Crippen LogP contribution in [-0.4, -0.2) is 6.61 Å². The quantitative estimate of drug-likeness (QED) is 0.759. The highest BCUT2D eigenvalue weighted by Gasteiger charge is 2.10. The van der Waals surface area contributed by atoms with Crippen LogP contribution in [0.3, 0.4) is 0 Å². The van der Waals surface area contributed by atoms with Crippen molar-refractivity contribution in [3.8, 4) is 5.75 Å². The fourth-order valence-corrected chi connectivity index (χ4v) is 1.69. The molecule has 0 aromatic heterocycles. The summed E-state index contributed by atoms with van der Waals surface area (Å²) >= 11 is 7.49. The lowest BCUT2D eigenvalue weighted by Crippen LogP contribution is -2.03. The monoisotopic (exact) mass is 304 g/mol. The van der Waals surface area contributed by atoms with E-state index in [1.54, 1.807) is 12.1 Å². The van der Waals surface area contributed by atoms with Gasteiger partial charge in [-0.25, -0.2) is 0 Å². The third-order valence-corrected chi connectivity index (χ3v) is 2.27. The smallest absolute Gasteiger partial charge is 0.387 e. The van der Waals surface area contributed by atoms with Crippen molar-refractivity contribution in [2.24, 2.45) is 0 Å². The first-order valence-electron chi connectivity index (χ1n) is 3.00. The van der Waals surface area contributed by atoms with Gasteiger partial charge in [-0.15, -0.1) is 0 Å². The molecule has 1 aromatic carbocycles. The maximum atomic E-state index is 11.8. The van der Waals surface area contributed by atoms with Crippen LogP contribution >= 0.6 is 34.2 Å².